The monoisotopic (exact) mass is 368 g/mol. The van der Waals surface area contributed by atoms with Gasteiger partial charge in [0.05, 0.1) is 13.7 Å². The lowest BCUT2D eigenvalue weighted by molar-refractivity contribution is 0.0973. The van der Waals surface area contributed by atoms with Crippen LogP contribution in [0.15, 0.2) is 91.3 Å². The fraction of sp³-hybridized carbons (Fsp3) is 0.0833. The first-order valence-corrected chi connectivity index (χ1v) is 9.09. The fourth-order valence-electron chi connectivity index (χ4n) is 3.29. The molecule has 0 aliphatic rings. The number of methoxy groups -OCH3 is 1. The van der Waals surface area contributed by atoms with Crippen LogP contribution in [0.2, 0.25) is 0 Å². The number of ether oxygens (including phenoxy) is 1. The number of Topliss-reactive ketones (excluding diaryl/α,β-unsaturated/α-hetero) is 1. The van der Waals surface area contributed by atoms with Crippen molar-refractivity contribution in [3.63, 3.8) is 0 Å². The molecule has 28 heavy (non-hydrogen) atoms. The van der Waals surface area contributed by atoms with Crippen LogP contribution in [0.25, 0.3) is 22.5 Å². The third-order valence-corrected chi connectivity index (χ3v) is 4.67. The van der Waals surface area contributed by atoms with Gasteiger partial charge in [0.1, 0.15) is 11.6 Å². The number of ketones is 1. The molecule has 3 aromatic carbocycles. The number of carbonyl (C=O) groups excluding carboxylic acids is 1. The Balaban J connectivity index is 1.66. The van der Waals surface area contributed by atoms with Crippen molar-refractivity contribution >= 4 is 5.78 Å². The zero-order valence-corrected chi connectivity index (χ0v) is 15.6. The smallest absolute Gasteiger partial charge is 0.183 e. The van der Waals surface area contributed by atoms with Crippen LogP contribution in [0.1, 0.15) is 10.4 Å². The largest absolute Gasteiger partial charge is 0.497 e. The van der Waals surface area contributed by atoms with Gasteiger partial charge < -0.3 is 9.30 Å². The number of carbonyl (C=O) groups is 1. The molecule has 0 bridgehead atoms. The molecule has 0 fully saturated rings. The molecule has 0 unspecified atom stereocenters. The van der Waals surface area contributed by atoms with E-state index in [1.165, 1.54) is 0 Å². The molecule has 0 aliphatic heterocycles. The predicted octanol–water partition coefficient (Wildman–Crippen LogP) is 5.11. The number of hydrogen-bond donors (Lipinski definition) is 0. The lowest BCUT2D eigenvalue weighted by atomic mass is 9.97. The van der Waals surface area contributed by atoms with E-state index in [1.54, 1.807) is 13.3 Å². The van der Waals surface area contributed by atoms with Gasteiger partial charge in [-0.2, -0.15) is 0 Å². The van der Waals surface area contributed by atoms with E-state index in [-0.39, 0.29) is 12.3 Å². The van der Waals surface area contributed by atoms with Crippen LogP contribution in [0.4, 0.5) is 0 Å². The first-order valence-electron chi connectivity index (χ1n) is 9.09. The number of hydrogen-bond acceptors (Lipinski definition) is 3. The topological polar surface area (TPSA) is 44.1 Å². The van der Waals surface area contributed by atoms with E-state index in [2.05, 4.69) is 4.98 Å². The van der Waals surface area contributed by atoms with Gasteiger partial charge in [-0.3, -0.25) is 4.79 Å². The predicted molar refractivity (Wildman–Crippen MR) is 110 cm³/mol. The van der Waals surface area contributed by atoms with Crippen LogP contribution < -0.4 is 4.74 Å². The Morgan fingerprint density at radius 3 is 2.50 bits per heavy atom. The first kappa shape index (κ1) is 17.7. The Bertz CT molecular complexity index is 1100. The highest BCUT2D eigenvalue weighted by molar-refractivity contribution is 6.02. The summed E-state index contributed by atoms with van der Waals surface area (Å²) < 4.78 is 7.18. The number of nitrogens with zero attached hydrogens (tertiary/aromatic N) is 2. The highest BCUT2D eigenvalue weighted by Gasteiger charge is 2.15. The van der Waals surface area contributed by atoms with E-state index in [1.807, 2.05) is 89.6 Å². The Kier molecular flexibility index (Phi) is 5.02. The van der Waals surface area contributed by atoms with Crippen molar-refractivity contribution in [2.24, 2.45) is 0 Å². The van der Waals surface area contributed by atoms with E-state index in [9.17, 15) is 4.79 Å². The Morgan fingerprint density at radius 1 is 0.929 bits per heavy atom. The van der Waals surface area contributed by atoms with Crippen LogP contribution >= 0.6 is 0 Å². The van der Waals surface area contributed by atoms with Gasteiger partial charge >= 0.3 is 0 Å². The maximum Gasteiger partial charge on any atom is 0.183 e. The summed E-state index contributed by atoms with van der Waals surface area (Å²) in [5.74, 6) is 1.54. The normalized spacial score (nSPS) is 10.6. The maximum atomic E-state index is 13.1. The van der Waals surface area contributed by atoms with Crippen LogP contribution in [0.5, 0.6) is 5.75 Å². The van der Waals surface area contributed by atoms with Gasteiger partial charge in [-0.1, -0.05) is 66.7 Å². The molecule has 0 radical (unpaired) electrons. The minimum absolute atomic E-state index is 0.0431. The third-order valence-electron chi connectivity index (χ3n) is 4.67. The average molecular weight is 368 g/mol. The van der Waals surface area contributed by atoms with Crippen LogP contribution in [0, 0.1) is 0 Å². The van der Waals surface area contributed by atoms with E-state index < -0.39 is 0 Å². The van der Waals surface area contributed by atoms with E-state index in [0.717, 1.165) is 28.3 Å². The number of imidazole rings is 1. The molecule has 1 aromatic heterocycles. The van der Waals surface area contributed by atoms with Crippen molar-refractivity contribution in [2.45, 2.75) is 6.54 Å². The summed E-state index contributed by atoms with van der Waals surface area (Å²) in [6, 6.07) is 25.4. The van der Waals surface area contributed by atoms with E-state index >= 15 is 0 Å². The van der Waals surface area contributed by atoms with Crippen LogP contribution in [0.3, 0.4) is 0 Å². The summed E-state index contributed by atoms with van der Waals surface area (Å²) >= 11 is 0. The van der Waals surface area contributed by atoms with Crippen molar-refractivity contribution < 1.29 is 9.53 Å². The second-order valence-electron chi connectivity index (χ2n) is 6.45. The summed E-state index contributed by atoms with van der Waals surface area (Å²) in [6.45, 7) is 0.219. The number of benzene rings is 3. The Morgan fingerprint density at radius 2 is 1.68 bits per heavy atom. The molecule has 138 valence electrons. The summed E-state index contributed by atoms with van der Waals surface area (Å²) in [6.07, 6.45) is 3.54. The Labute approximate surface area is 164 Å². The van der Waals surface area contributed by atoms with Crippen LogP contribution in [-0.2, 0) is 6.54 Å². The van der Waals surface area contributed by atoms with Gasteiger partial charge in [-0.15, -0.1) is 0 Å². The quantitative estimate of drug-likeness (QED) is 0.444. The standard InChI is InChI=1S/C24H20N2O2/c1-28-20-11-7-10-19(16-20)24-25-14-15-26(24)17-23(27)22-13-6-5-12-21(22)18-8-3-2-4-9-18/h2-16H,17H2,1H3. The molecule has 0 amide bonds. The molecule has 0 atom stereocenters. The summed E-state index contributed by atoms with van der Waals surface area (Å²) in [7, 11) is 1.63. The van der Waals surface area contributed by atoms with Gasteiger partial charge in [0.2, 0.25) is 0 Å². The third kappa shape index (κ3) is 3.58. The highest BCUT2D eigenvalue weighted by Crippen LogP contribution is 2.26. The SMILES string of the molecule is COc1cccc(-c2nccn2CC(=O)c2ccccc2-c2ccccc2)c1. The minimum atomic E-state index is 0.0431. The summed E-state index contributed by atoms with van der Waals surface area (Å²) in [5.41, 5.74) is 3.59. The summed E-state index contributed by atoms with van der Waals surface area (Å²) in [4.78, 5) is 17.6. The molecule has 0 N–H and O–H groups in total. The van der Waals surface area contributed by atoms with Gasteiger partial charge in [0.25, 0.3) is 0 Å². The molecule has 0 spiro atoms. The van der Waals surface area contributed by atoms with Gasteiger partial charge in [-0.05, 0) is 23.3 Å². The average Bonchev–Trinajstić information content (AvgIpc) is 3.22. The fourth-order valence-corrected chi connectivity index (χ4v) is 3.29. The molecule has 0 aliphatic carbocycles. The lowest BCUT2D eigenvalue weighted by Crippen LogP contribution is -2.12. The zero-order valence-electron chi connectivity index (χ0n) is 15.6. The van der Waals surface area contributed by atoms with Gasteiger partial charge in [0.15, 0.2) is 5.78 Å². The molecule has 0 saturated heterocycles. The van der Waals surface area contributed by atoms with E-state index in [0.29, 0.717) is 5.56 Å². The van der Waals surface area contributed by atoms with Crippen LogP contribution in [-0.4, -0.2) is 22.4 Å². The molecule has 0 saturated carbocycles. The highest BCUT2D eigenvalue weighted by atomic mass is 16.5. The molecular formula is C24H20N2O2. The lowest BCUT2D eigenvalue weighted by Gasteiger charge is -2.11. The minimum Gasteiger partial charge on any atom is -0.497 e. The number of aromatic nitrogens is 2. The van der Waals surface area contributed by atoms with Crippen molar-refractivity contribution in [1.29, 1.82) is 0 Å². The Hall–Kier alpha value is -3.66. The van der Waals surface area contributed by atoms with Crippen molar-refractivity contribution in [1.82, 2.24) is 9.55 Å². The molecule has 4 aromatic rings. The van der Waals surface area contributed by atoms with Gasteiger partial charge in [-0.25, -0.2) is 4.98 Å². The van der Waals surface area contributed by atoms with Crippen molar-refractivity contribution in [2.75, 3.05) is 7.11 Å². The second-order valence-corrected chi connectivity index (χ2v) is 6.45. The zero-order chi connectivity index (χ0) is 19.3. The molecule has 4 nitrogen and oxygen atoms in total. The first-order chi connectivity index (χ1) is 13.8. The molecular weight excluding hydrogens is 348 g/mol. The molecule has 4 heteroatoms. The van der Waals surface area contributed by atoms with Crippen molar-refractivity contribution in [3.05, 3.63) is 96.8 Å². The van der Waals surface area contributed by atoms with Crippen molar-refractivity contribution in [3.8, 4) is 28.3 Å². The van der Waals surface area contributed by atoms with E-state index in [4.69, 9.17) is 4.74 Å². The molecule has 1 heterocycles. The molecule has 4 rings (SSSR count). The van der Waals surface area contributed by atoms with Gasteiger partial charge in [0, 0.05) is 23.5 Å². The maximum absolute atomic E-state index is 13.1. The number of rotatable bonds is 6. The second kappa shape index (κ2) is 7.92. The summed E-state index contributed by atoms with van der Waals surface area (Å²) in [5, 5.41) is 0.